The first-order chi connectivity index (χ1) is 15.1. The molecule has 0 radical (unpaired) electrons. The number of nitrogens with zero attached hydrogens (tertiary/aromatic N) is 2. The molecule has 3 aromatic rings. The highest BCUT2D eigenvalue weighted by Crippen LogP contribution is 2.46. The van der Waals surface area contributed by atoms with Crippen molar-refractivity contribution in [2.75, 3.05) is 5.32 Å². The monoisotopic (exact) mass is 526 g/mol. The van der Waals surface area contributed by atoms with E-state index >= 15 is 0 Å². The fraction of sp³-hybridized carbons (Fsp3) is 0.273. The van der Waals surface area contributed by atoms with Crippen molar-refractivity contribution in [1.82, 2.24) is 15.1 Å². The number of hydrogen-bond acceptors (Lipinski definition) is 3. The highest BCUT2D eigenvalue weighted by Gasteiger charge is 2.47. The molecule has 1 aliphatic heterocycles. The van der Waals surface area contributed by atoms with Gasteiger partial charge in [-0.2, -0.15) is 18.3 Å². The molecule has 2 heterocycles. The van der Waals surface area contributed by atoms with Crippen molar-refractivity contribution in [2.24, 2.45) is 0 Å². The Morgan fingerprint density at radius 2 is 1.88 bits per heavy atom. The summed E-state index contributed by atoms with van der Waals surface area (Å²) in [6, 6.07) is 13.3. The van der Waals surface area contributed by atoms with Crippen LogP contribution in [0, 0.1) is 0 Å². The van der Waals surface area contributed by atoms with Gasteiger partial charge in [-0.25, -0.2) is 4.68 Å². The van der Waals surface area contributed by atoms with E-state index < -0.39 is 24.2 Å². The number of aromatic nitrogens is 2. The molecule has 1 amide bonds. The first kappa shape index (κ1) is 22.7. The number of carbonyl (C=O) groups excluding carboxylic acids is 1. The second kappa shape index (κ2) is 8.78. The van der Waals surface area contributed by atoms with Gasteiger partial charge in [-0.15, -0.1) is 0 Å². The zero-order valence-corrected chi connectivity index (χ0v) is 19.2. The van der Waals surface area contributed by atoms with E-state index in [4.69, 9.17) is 11.6 Å². The molecule has 3 atom stereocenters. The molecule has 4 rings (SSSR count). The van der Waals surface area contributed by atoms with Gasteiger partial charge in [-0.3, -0.25) is 4.79 Å². The summed E-state index contributed by atoms with van der Waals surface area (Å²) >= 11 is 9.70. The number of rotatable bonds is 4. The van der Waals surface area contributed by atoms with Crippen LogP contribution in [0.3, 0.4) is 0 Å². The summed E-state index contributed by atoms with van der Waals surface area (Å²) in [4.78, 5) is 12.8. The lowest BCUT2D eigenvalue weighted by molar-refractivity contribution is -0.173. The van der Waals surface area contributed by atoms with E-state index in [1.807, 2.05) is 30.3 Å². The molecule has 0 unspecified atom stereocenters. The number of hydrogen-bond donors (Lipinski definition) is 2. The first-order valence-corrected chi connectivity index (χ1v) is 11.0. The lowest BCUT2D eigenvalue weighted by Crippen LogP contribution is -2.36. The average molecular weight is 528 g/mol. The number of anilines is 1. The molecule has 2 N–H and O–H groups in total. The topological polar surface area (TPSA) is 59.0 Å². The van der Waals surface area contributed by atoms with Crippen LogP contribution in [0.5, 0.6) is 0 Å². The van der Waals surface area contributed by atoms with Crippen LogP contribution >= 0.6 is 27.5 Å². The van der Waals surface area contributed by atoms with Crippen molar-refractivity contribution in [3.8, 4) is 0 Å². The van der Waals surface area contributed by atoms with Crippen LogP contribution in [0.1, 0.15) is 53.1 Å². The molecule has 0 saturated carbocycles. The summed E-state index contributed by atoms with van der Waals surface area (Å²) in [5.41, 5.74) is 1.28. The Morgan fingerprint density at radius 3 is 2.50 bits per heavy atom. The van der Waals surface area contributed by atoms with Gasteiger partial charge in [0.2, 0.25) is 0 Å². The van der Waals surface area contributed by atoms with Crippen molar-refractivity contribution in [3.05, 3.63) is 80.9 Å². The highest BCUT2D eigenvalue weighted by molar-refractivity contribution is 9.10. The summed E-state index contributed by atoms with van der Waals surface area (Å²) in [5.74, 6) is -0.665. The Labute approximate surface area is 196 Å². The number of carbonyl (C=O) groups is 1. The Balaban J connectivity index is 1.66. The molecule has 0 spiro atoms. The molecule has 0 bridgehead atoms. The van der Waals surface area contributed by atoms with Crippen molar-refractivity contribution in [1.29, 1.82) is 0 Å². The molecule has 5 nitrogen and oxygen atoms in total. The van der Waals surface area contributed by atoms with Gasteiger partial charge >= 0.3 is 6.18 Å². The maximum Gasteiger partial charge on any atom is 0.410 e. The predicted octanol–water partition coefficient (Wildman–Crippen LogP) is 6.45. The second-order valence-electron chi connectivity index (χ2n) is 7.60. The number of alkyl halides is 3. The second-order valence-corrected chi connectivity index (χ2v) is 8.90. The van der Waals surface area contributed by atoms with E-state index in [-0.39, 0.29) is 29.0 Å². The normalized spacial score (nSPS) is 19.1. The molecular weight excluding hydrogens is 509 g/mol. The zero-order chi connectivity index (χ0) is 23.0. The average Bonchev–Trinajstić information content (AvgIpc) is 3.10. The van der Waals surface area contributed by atoms with Crippen molar-refractivity contribution >= 4 is 39.3 Å². The molecule has 32 heavy (non-hydrogen) atoms. The van der Waals surface area contributed by atoms with E-state index in [0.717, 1.165) is 14.7 Å². The molecule has 0 fully saturated rings. The molecule has 2 aromatic carbocycles. The van der Waals surface area contributed by atoms with Gasteiger partial charge in [-0.05, 0) is 30.2 Å². The molecule has 10 heteroatoms. The molecule has 0 aliphatic carbocycles. The summed E-state index contributed by atoms with van der Waals surface area (Å²) in [5, 5.41) is 9.62. The van der Waals surface area contributed by atoms with Crippen LogP contribution in [0.4, 0.5) is 19.0 Å². The molecule has 1 aromatic heterocycles. The molecule has 1 aliphatic rings. The molecule has 0 saturated heterocycles. The van der Waals surface area contributed by atoms with Crippen molar-refractivity contribution in [3.63, 3.8) is 0 Å². The Hall–Kier alpha value is -2.52. The predicted molar refractivity (Wildman–Crippen MR) is 120 cm³/mol. The van der Waals surface area contributed by atoms with Gasteiger partial charge < -0.3 is 10.6 Å². The van der Waals surface area contributed by atoms with E-state index in [1.165, 1.54) is 0 Å². The van der Waals surface area contributed by atoms with Gasteiger partial charge in [0.05, 0.1) is 12.1 Å². The van der Waals surface area contributed by atoms with E-state index in [2.05, 4.69) is 31.7 Å². The van der Waals surface area contributed by atoms with Crippen LogP contribution in [0.25, 0.3) is 0 Å². The Kier molecular flexibility index (Phi) is 6.22. The standard InChI is InChI=1S/C22H19BrClF3N4O/c1-12(13-5-3-2-4-6-13)28-21(32)19-18(24)20-29-16(14-7-9-15(23)10-8-14)11-17(22(25,26)27)31(20)30-19/h2-10,12,16-17,29H,11H2,1H3,(H,28,32)/t12-,16-,17+/m1/s1. The van der Waals surface area contributed by atoms with Crippen LogP contribution in [-0.2, 0) is 0 Å². The third-order valence-electron chi connectivity index (χ3n) is 5.43. The first-order valence-electron chi connectivity index (χ1n) is 9.87. The summed E-state index contributed by atoms with van der Waals surface area (Å²) in [6.07, 6.45) is -4.84. The Morgan fingerprint density at radius 1 is 1.22 bits per heavy atom. The number of halogens is 5. The maximum atomic E-state index is 13.9. The fourth-order valence-electron chi connectivity index (χ4n) is 3.74. The smallest absolute Gasteiger partial charge is 0.362 e. The third-order valence-corrected chi connectivity index (χ3v) is 6.32. The van der Waals surface area contributed by atoms with Crippen LogP contribution in [-0.4, -0.2) is 21.9 Å². The van der Waals surface area contributed by atoms with Crippen molar-refractivity contribution in [2.45, 2.75) is 37.6 Å². The fourth-order valence-corrected chi connectivity index (χ4v) is 4.27. The van der Waals surface area contributed by atoms with Crippen LogP contribution in [0.2, 0.25) is 5.02 Å². The van der Waals surface area contributed by atoms with Gasteiger partial charge in [-0.1, -0.05) is 70.0 Å². The van der Waals surface area contributed by atoms with E-state index in [1.54, 1.807) is 31.2 Å². The van der Waals surface area contributed by atoms with Gasteiger partial charge in [0.15, 0.2) is 11.7 Å². The lowest BCUT2D eigenvalue weighted by Gasteiger charge is -2.33. The number of fused-ring (bicyclic) bond motifs is 1. The van der Waals surface area contributed by atoms with E-state index in [9.17, 15) is 18.0 Å². The van der Waals surface area contributed by atoms with Gasteiger partial charge in [0.25, 0.3) is 5.91 Å². The minimum atomic E-state index is -4.56. The number of amides is 1. The highest BCUT2D eigenvalue weighted by atomic mass is 79.9. The Bertz CT molecular complexity index is 1120. The minimum absolute atomic E-state index is 0.0225. The SMILES string of the molecule is C[C@@H](NC(=O)c1nn2c(c1Cl)N[C@@H](c1ccc(Br)cc1)C[C@H]2C(F)(F)F)c1ccccc1. The quantitative estimate of drug-likeness (QED) is 0.410. The van der Waals surface area contributed by atoms with Gasteiger partial charge in [0, 0.05) is 10.9 Å². The molecular formula is C22H19BrClF3N4O. The summed E-state index contributed by atoms with van der Waals surface area (Å²) in [7, 11) is 0. The minimum Gasteiger partial charge on any atom is -0.362 e. The van der Waals surface area contributed by atoms with E-state index in [0.29, 0.717) is 5.56 Å². The maximum absolute atomic E-state index is 13.9. The summed E-state index contributed by atoms with van der Waals surface area (Å²) < 4.78 is 43.3. The zero-order valence-electron chi connectivity index (χ0n) is 16.8. The number of nitrogens with one attached hydrogen (secondary N) is 2. The molecule has 168 valence electrons. The van der Waals surface area contributed by atoms with Gasteiger partial charge in [0.1, 0.15) is 10.8 Å². The summed E-state index contributed by atoms with van der Waals surface area (Å²) in [6.45, 7) is 1.78. The van der Waals surface area contributed by atoms with Crippen LogP contribution in [0.15, 0.2) is 59.1 Å². The van der Waals surface area contributed by atoms with Crippen molar-refractivity contribution < 1.29 is 18.0 Å². The third kappa shape index (κ3) is 4.49. The lowest BCUT2D eigenvalue weighted by atomic mass is 9.97. The number of benzene rings is 2. The van der Waals surface area contributed by atoms with Crippen LogP contribution < -0.4 is 10.6 Å². The largest absolute Gasteiger partial charge is 0.410 e.